The van der Waals surface area contributed by atoms with Crippen molar-refractivity contribution in [3.63, 3.8) is 0 Å². The monoisotopic (exact) mass is 373 g/mol. The number of rotatable bonds is 4. The van der Waals surface area contributed by atoms with Gasteiger partial charge in [-0.2, -0.15) is 0 Å². The molecule has 2 atom stereocenters. The number of carboxylic acid groups (broad SMARTS) is 1. The third-order valence-electron chi connectivity index (χ3n) is 4.38. The molecule has 5 nitrogen and oxygen atoms in total. The van der Waals surface area contributed by atoms with E-state index in [1.807, 2.05) is 25.5 Å². The Morgan fingerprint density at radius 2 is 1.88 bits per heavy atom. The standard InChI is InChI=1S/C17H21F2NO4S/c1-17(2,3)10-4-7-15(12(8-10)16(21)22)25(23,24)20-14-6-5-11(18)9-13(14)19/h5-6,8-10,15,20H,4,7H2,1-3H3,(H,21,22). The minimum atomic E-state index is -4.20. The normalized spacial score (nSPS) is 21.6. The highest BCUT2D eigenvalue weighted by molar-refractivity contribution is 7.93. The third-order valence-corrected chi connectivity index (χ3v) is 6.13. The van der Waals surface area contributed by atoms with Crippen molar-refractivity contribution in [2.45, 2.75) is 38.9 Å². The Hall–Kier alpha value is -1.96. The molecule has 0 heterocycles. The van der Waals surface area contributed by atoms with Crippen LogP contribution in [0.5, 0.6) is 0 Å². The molecule has 0 spiro atoms. The summed E-state index contributed by atoms with van der Waals surface area (Å²) in [5.41, 5.74) is -0.836. The van der Waals surface area contributed by atoms with Crippen LogP contribution in [0.25, 0.3) is 0 Å². The highest BCUT2D eigenvalue weighted by Gasteiger charge is 2.39. The van der Waals surface area contributed by atoms with Gasteiger partial charge in [-0.05, 0) is 36.3 Å². The number of carbonyl (C=O) groups is 1. The quantitative estimate of drug-likeness (QED) is 0.846. The van der Waals surface area contributed by atoms with Gasteiger partial charge >= 0.3 is 5.97 Å². The van der Waals surface area contributed by atoms with E-state index < -0.39 is 38.6 Å². The van der Waals surface area contributed by atoms with Crippen molar-refractivity contribution in [2.24, 2.45) is 11.3 Å². The van der Waals surface area contributed by atoms with Crippen LogP contribution in [-0.4, -0.2) is 24.7 Å². The average Bonchev–Trinajstić information content (AvgIpc) is 2.48. The van der Waals surface area contributed by atoms with Gasteiger partial charge in [0.25, 0.3) is 0 Å². The number of carboxylic acids is 1. The van der Waals surface area contributed by atoms with E-state index in [1.54, 1.807) is 0 Å². The van der Waals surface area contributed by atoms with E-state index in [2.05, 4.69) is 0 Å². The summed E-state index contributed by atoms with van der Waals surface area (Å²) >= 11 is 0. The molecule has 1 aliphatic rings. The van der Waals surface area contributed by atoms with E-state index in [-0.39, 0.29) is 23.3 Å². The summed E-state index contributed by atoms with van der Waals surface area (Å²) in [5, 5.41) is 8.13. The molecule has 8 heteroatoms. The first kappa shape index (κ1) is 19.4. The number of benzene rings is 1. The molecule has 0 bridgehead atoms. The summed E-state index contributed by atoms with van der Waals surface area (Å²) in [6, 6.07) is 2.45. The minimum Gasteiger partial charge on any atom is -0.478 e. The van der Waals surface area contributed by atoms with Crippen molar-refractivity contribution >= 4 is 21.7 Å². The molecule has 2 rings (SSSR count). The maximum atomic E-state index is 13.7. The molecule has 25 heavy (non-hydrogen) atoms. The molecule has 0 aliphatic heterocycles. The van der Waals surface area contributed by atoms with Crippen LogP contribution < -0.4 is 4.72 Å². The molecule has 1 aromatic carbocycles. The van der Waals surface area contributed by atoms with Gasteiger partial charge in [0.05, 0.1) is 11.3 Å². The van der Waals surface area contributed by atoms with Gasteiger partial charge in [-0.1, -0.05) is 26.8 Å². The number of anilines is 1. The number of aliphatic carboxylic acids is 1. The Kier molecular flexibility index (Phi) is 5.22. The molecule has 0 radical (unpaired) electrons. The molecule has 2 unspecified atom stereocenters. The summed E-state index contributed by atoms with van der Waals surface area (Å²) < 4.78 is 53.9. The van der Waals surface area contributed by atoms with Gasteiger partial charge in [-0.25, -0.2) is 22.0 Å². The number of hydrogen-bond acceptors (Lipinski definition) is 3. The first-order chi connectivity index (χ1) is 11.4. The second kappa shape index (κ2) is 6.74. The third kappa shape index (κ3) is 4.36. The van der Waals surface area contributed by atoms with Gasteiger partial charge in [-0.3, -0.25) is 4.72 Å². The van der Waals surface area contributed by atoms with Gasteiger partial charge < -0.3 is 5.11 Å². The van der Waals surface area contributed by atoms with E-state index in [1.165, 1.54) is 6.08 Å². The lowest BCUT2D eigenvalue weighted by Gasteiger charge is -2.34. The summed E-state index contributed by atoms with van der Waals surface area (Å²) in [7, 11) is -4.20. The van der Waals surface area contributed by atoms with Crippen molar-refractivity contribution in [1.82, 2.24) is 0 Å². The molecular weight excluding hydrogens is 352 g/mol. The molecule has 0 aromatic heterocycles. The van der Waals surface area contributed by atoms with Crippen molar-refractivity contribution in [3.8, 4) is 0 Å². The highest BCUT2D eigenvalue weighted by Crippen LogP contribution is 2.38. The first-order valence-electron chi connectivity index (χ1n) is 7.83. The molecule has 1 aromatic rings. The van der Waals surface area contributed by atoms with Crippen LogP contribution >= 0.6 is 0 Å². The Balaban J connectivity index is 2.36. The number of nitrogens with one attached hydrogen (secondary N) is 1. The zero-order valence-electron chi connectivity index (χ0n) is 14.2. The zero-order chi connectivity index (χ0) is 19.0. The Labute approximate surface area is 145 Å². The minimum absolute atomic E-state index is 0.0763. The van der Waals surface area contributed by atoms with Crippen molar-refractivity contribution in [2.75, 3.05) is 4.72 Å². The van der Waals surface area contributed by atoms with Crippen LogP contribution in [0.4, 0.5) is 14.5 Å². The smallest absolute Gasteiger partial charge is 0.332 e. The lowest BCUT2D eigenvalue weighted by atomic mass is 9.74. The second-order valence-corrected chi connectivity index (χ2v) is 9.10. The van der Waals surface area contributed by atoms with Crippen LogP contribution in [0.1, 0.15) is 33.6 Å². The summed E-state index contributed by atoms with van der Waals surface area (Å²) in [6.07, 6.45) is 2.09. The van der Waals surface area contributed by atoms with E-state index >= 15 is 0 Å². The topological polar surface area (TPSA) is 83.5 Å². The predicted molar refractivity (Wildman–Crippen MR) is 90.6 cm³/mol. The van der Waals surface area contributed by atoms with Gasteiger partial charge in [0.15, 0.2) is 0 Å². The zero-order valence-corrected chi connectivity index (χ0v) is 15.0. The number of hydrogen-bond donors (Lipinski definition) is 2. The molecule has 0 saturated carbocycles. The average molecular weight is 373 g/mol. The van der Waals surface area contributed by atoms with Crippen molar-refractivity contribution in [3.05, 3.63) is 41.5 Å². The van der Waals surface area contributed by atoms with E-state index in [9.17, 15) is 27.1 Å². The van der Waals surface area contributed by atoms with Crippen LogP contribution in [-0.2, 0) is 14.8 Å². The van der Waals surface area contributed by atoms with Gasteiger partial charge in [-0.15, -0.1) is 0 Å². The number of sulfonamides is 1. The lowest BCUT2D eigenvalue weighted by Crippen LogP contribution is -2.37. The summed E-state index contributed by atoms with van der Waals surface area (Å²) in [4.78, 5) is 11.6. The molecule has 0 amide bonds. The maximum absolute atomic E-state index is 13.7. The lowest BCUT2D eigenvalue weighted by molar-refractivity contribution is -0.132. The van der Waals surface area contributed by atoms with Crippen LogP contribution in [0.2, 0.25) is 0 Å². The SMILES string of the molecule is CC(C)(C)C1C=C(C(=O)O)C(S(=O)(=O)Nc2ccc(F)cc2F)CC1. The molecule has 0 fully saturated rings. The van der Waals surface area contributed by atoms with E-state index in [0.717, 1.165) is 12.1 Å². The number of halogens is 2. The molecular formula is C17H21F2NO4S. The number of allylic oxidation sites excluding steroid dienone is 1. The van der Waals surface area contributed by atoms with Crippen molar-refractivity contribution in [1.29, 1.82) is 0 Å². The second-order valence-electron chi connectivity index (χ2n) is 7.24. The molecule has 0 saturated heterocycles. The first-order valence-corrected chi connectivity index (χ1v) is 9.38. The fourth-order valence-corrected chi connectivity index (χ4v) is 4.48. The van der Waals surface area contributed by atoms with Gasteiger partial charge in [0, 0.05) is 6.07 Å². The Morgan fingerprint density at radius 1 is 1.24 bits per heavy atom. The van der Waals surface area contributed by atoms with E-state index in [4.69, 9.17) is 0 Å². The predicted octanol–water partition coefficient (Wildman–Crippen LogP) is 3.54. The van der Waals surface area contributed by atoms with Gasteiger partial charge in [0.2, 0.25) is 10.0 Å². The summed E-state index contributed by atoms with van der Waals surface area (Å²) in [5.74, 6) is -3.29. The van der Waals surface area contributed by atoms with Crippen LogP contribution in [0.15, 0.2) is 29.8 Å². The Morgan fingerprint density at radius 3 is 2.40 bits per heavy atom. The van der Waals surface area contributed by atoms with Crippen LogP contribution in [0.3, 0.4) is 0 Å². The fraction of sp³-hybridized carbons (Fsp3) is 0.471. The van der Waals surface area contributed by atoms with Crippen LogP contribution in [0, 0.1) is 23.0 Å². The molecule has 138 valence electrons. The van der Waals surface area contributed by atoms with E-state index in [0.29, 0.717) is 12.5 Å². The summed E-state index contributed by atoms with van der Waals surface area (Å²) in [6.45, 7) is 5.86. The van der Waals surface area contributed by atoms with Crippen molar-refractivity contribution < 1.29 is 27.1 Å². The Bertz CT molecular complexity index is 812. The largest absolute Gasteiger partial charge is 0.478 e. The molecule has 2 N–H and O–H groups in total. The van der Waals surface area contributed by atoms with Gasteiger partial charge in [0.1, 0.15) is 16.9 Å². The fourth-order valence-electron chi connectivity index (χ4n) is 2.90. The molecule has 1 aliphatic carbocycles. The maximum Gasteiger partial charge on any atom is 0.332 e. The highest BCUT2D eigenvalue weighted by atomic mass is 32.2.